The molecule has 0 saturated carbocycles. The van der Waals surface area contributed by atoms with Gasteiger partial charge in [0.2, 0.25) is 0 Å². The van der Waals surface area contributed by atoms with E-state index in [0.29, 0.717) is 5.56 Å². The highest BCUT2D eigenvalue weighted by molar-refractivity contribution is 14.1. The Morgan fingerprint density at radius 3 is 3.00 bits per heavy atom. The number of nitriles is 1. The van der Waals surface area contributed by atoms with Crippen molar-refractivity contribution >= 4 is 33.5 Å². The van der Waals surface area contributed by atoms with E-state index < -0.39 is 0 Å². The Bertz CT molecular complexity index is 507. The average Bonchev–Trinajstić information content (AvgIpc) is 2.42. The van der Waals surface area contributed by atoms with Crippen molar-refractivity contribution in [2.24, 2.45) is 7.05 Å². The fraction of sp³-hybridized carbons (Fsp3) is 0.111. The number of aromatic nitrogens is 2. The molecule has 1 heterocycles. The lowest BCUT2D eigenvalue weighted by molar-refractivity contribution is 0.787. The molecule has 0 fully saturated rings. The number of hydrogen-bond acceptors (Lipinski definition) is 2. The molecule has 1 aromatic heterocycles. The normalized spacial score (nSPS) is 10.2. The van der Waals surface area contributed by atoms with Gasteiger partial charge in [0.05, 0.1) is 17.1 Å². The zero-order valence-corrected chi connectivity index (χ0v) is 9.11. The van der Waals surface area contributed by atoms with Crippen LogP contribution in [0, 0.1) is 15.0 Å². The summed E-state index contributed by atoms with van der Waals surface area (Å²) in [5.74, 6) is 0. The molecule has 0 spiro atoms. The Labute approximate surface area is 89.1 Å². The van der Waals surface area contributed by atoms with E-state index in [1.54, 1.807) is 6.07 Å². The summed E-state index contributed by atoms with van der Waals surface area (Å²) < 4.78 is 2.75. The summed E-state index contributed by atoms with van der Waals surface area (Å²) in [5.41, 5.74) is 1.74. The van der Waals surface area contributed by atoms with Crippen LogP contribution in [0.25, 0.3) is 10.9 Å². The number of rotatable bonds is 0. The maximum absolute atomic E-state index is 8.72. The SMILES string of the molecule is Cn1nc(I)c2cc(C#N)ccc21. The standard InChI is InChI=1S/C9H6IN3/c1-13-8-3-2-6(5-11)4-7(8)9(10)12-13/h2-4H,1H3. The maximum Gasteiger partial charge on any atom is 0.131 e. The monoisotopic (exact) mass is 283 g/mol. The van der Waals surface area contributed by atoms with E-state index in [1.165, 1.54) is 0 Å². The highest BCUT2D eigenvalue weighted by atomic mass is 127. The number of hydrogen-bond donors (Lipinski definition) is 0. The lowest BCUT2D eigenvalue weighted by Crippen LogP contribution is -1.88. The van der Waals surface area contributed by atoms with Crippen molar-refractivity contribution in [2.45, 2.75) is 0 Å². The van der Waals surface area contributed by atoms with Crippen LogP contribution in [0.2, 0.25) is 0 Å². The zero-order valence-electron chi connectivity index (χ0n) is 6.95. The van der Waals surface area contributed by atoms with Gasteiger partial charge in [-0.2, -0.15) is 10.4 Å². The predicted octanol–water partition coefficient (Wildman–Crippen LogP) is 2.05. The quantitative estimate of drug-likeness (QED) is 0.694. The van der Waals surface area contributed by atoms with E-state index in [4.69, 9.17) is 5.26 Å². The van der Waals surface area contributed by atoms with Gasteiger partial charge in [-0.3, -0.25) is 4.68 Å². The number of benzene rings is 1. The van der Waals surface area contributed by atoms with Crippen LogP contribution in [0.1, 0.15) is 5.56 Å². The first-order chi connectivity index (χ1) is 6.22. The Morgan fingerprint density at radius 1 is 1.54 bits per heavy atom. The van der Waals surface area contributed by atoms with E-state index >= 15 is 0 Å². The summed E-state index contributed by atoms with van der Waals surface area (Å²) in [6, 6.07) is 7.71. The molecule has 13 heavy (non-hydrogen) atoms. The smallest absolute Gasteiger partial charge is 0.131 e. The van der Waals surface area contributed by atoms with Gasteiger partial charge in [-0.25, -0.2) is 0 Å². The molecule has 0 saturated heterocycles. The molecule has 0 atom stereocenters. The number of nitrogens with zero attached hydrogens (tertiary/aromatic N) is 3. The van der Waals surface area contributed by atoms with Crippen LogP contribution in [0.5, 0.6) is 0 Å². The minimum Gasteiger partial charge on any atom is -0.267 e. The molecule has 64 valence electrons. The second kappa shape index (κ2) is 3.00. The van der Waals surface area contributed by atoms with Crippen LogP contribution >= 0.6 is 22.6 Å². The van der Waals surface area contributed by atoms with E-state index in [1.807, 2.05) is 23.9 Å². The van der Waals surface area contributed by atoms with Crippen molar-refractivity contribution in [3.8, 4) is 6.07 Å². The summed E-state index contributed by atoms with van der Waals surface area (Å²) in [6.45, 7) is 0. The van der Waals surface area contributed by atoms with Crippen LogP contribution in [0.3, 0.4) is 0 Å². The minimum atomic E-state index is 0.679. The van der Waals surface area contributed by atoms with Gasteiger partial charge >= 0.3 is 0 Å². The maximum atomic E-state index is 8.72. The van der Waals surface area contributed by atoms with Crippen LogP contribution in [0.4, 0.5) is 0 Å². The molecule has 0 unspecified atom stereocenters. The average molecular weight is 283 g/mol. The molecule has 0 aliphatic heterocycles. The molecule has 0 aliphatic rings. The highest BCUT2D eigenvalue weighted by Crippen LogP contribution is 2.20. The molecule has 0 radical (unpaired) electrons. The van der Waals surface area contributed by atoms with Crippen molar-refractivity contribution in [3.63, 3.8) is 0 Å². The third-order valence-electron chi connectivity index (χ3n) is 1.93. The van der Waals surface area contributed by atoms with Gasteiger partial charge in [0.15, 0.2) is 0 Å². The van der Waals surface area contributed by atoms with E-state index in [2.05, 4.69) is 33.8 Å². The third-order valence-corrected chi connectivity index (χ3v) is 2.73. The van der Waals surface area contributed by atoms with Crippen molar-refractivity contribution in [3.05, 3.63) is 27.5 Å². The topological polar surface area (TPSA) is 41.6 Å². The minimum absolute atomic E-state index is 0.679. The summed E-state index contributed by atoms with van der Waals surface area (Å²) in [5, 5.41) is 14.0. The summed E-state index contributed by atoms with van der Waals surface area (Å²) in [6.07, 6.45) is 0. The van der Waals surface area contributed by atoms with Crippen LogP contribution in [0.15, 0.2) is 18.2 Å². The molecule has 0 aliphatic carbocycles. The van der Waals surface area contributed by atoms with Gasteiger partial charge in [-0.15, -0.1) is 0 Å². The zero-order chi connectivity index (χ0) is 9.42. The Kier molecular flexibility index (Phi) is 1.96. The predicted molar refractivity (Wildman–Crippen MR) is 58.1 cm³/mol. The molecular formula is C9H6IN3. The summed E-state index contributed by atoms with van der Waals surface area (Å²) in [4.78, 5) is 0. The second-order valence-corrected chi connectivity index (χ2v) is 3.78. The Morgan fingerprint density at radius 2 is 2.31 bits per heavy atom. The van der Waals surface area contributed by atoms with Gasteiger partial charge in [-0.1, -0.05) is 0 Å². The summed E-state index contributed by atoms with van der Waals surface area (Å²) >= 11 is 2.17. The molecule has 2 aromatic rings. The van der Waals surface area contributed by atoms with Gasteiger partial charge < -0.3 is 0 Å². The molecular weight excluding hydrogens is 277 g/mol. The van der Waals surface area contributed by atoms with Crippen LogP contribution in [-0.4, -0.2) is 9.78 Å². The van der Waals surface area contributed by atoms with Crippen molar-refractivity contribution in [1.29, 1.82) is 5.26 Å². The third kappa shape index (κ3) is 1.29. The van der Waals surface area contributed by atoms with Crippen molar-refractivity contribution in [1.82, 2.24) is 9.78 Å². The van der Waals surface area contributed by atoms with E-state index in [-0.39, 0.29) is 0 Å². The molecule has 1 aromatic carbocycles. The molecule has 3 nitrogen and oxygen atoms in total. The second-order valence-electron chi connectivity index (χ2n) is 2.76. The van der Waals surface area contributed by atoms with E-state index in [9.17, 15) is 0 Å². The van der Waals surface area contributed by atoms with Crippen molar-refractivity contribution < 1.29 is 0 Å². The number of halogens is 1. The first kappa shape index (κ1) is 8.51. The Hall–Kier alpha value is -1.09. The lowest BCUT2D eigenvalue weighted by atomic mass is 10.2. The van der Waals surface area contributed by atoms with Gasteiger partial charge in [-0.05, 0) is 40.8 Å². The first-order valence-corrected chi connectivity index (χ1v) is 4.82. The number of fused-ring (bicyclic) bond motifs is 1. The molecule has 0 amide bonds. The fourth-order valence-corrected chi connectivity index (χ4v) is 2.05. The van der Waals surface area contributed by atoms with Crippen molar-refractivity contribution in [2.75, 3.05) is 0 Å². The number of aryl methyl sites for hydroxylation is 1. The largest absolute Gasteiger partial charge is 0.267 e. The fourth-order valence-electron chi connectivity index (χ4n) is 1.29. The van der Waals surface area contributed by atoms with Crippen LogP contribution in [-0.2, 0) is 7.05 Å². The molecule has 0 bridgehead atoms. The highest BCUT2D eigenvalue weighted by Gasteiger charge is 2.05. The van der Waals surface area contributed by atoms with Gasteiger partial charge in [0, 0.05) is 12.4 Å². The first-order valence-electron chi connectivity index (χ1n) is 3.75. The molecule has 0 N–H and O–H groups in total. The van der Waals surface area contributed by atoms with E-state index in [0.717, 1.165) is 14.6 Å². The van der Waals surface area contributed by atoms with Crippen LogP contribution < -0.4 is 0 Å². The molecule has 2 rings (SSSR count). The lowest BCUT2D eigenvalue weighted by Gasteiger charge is -1.92. The van der Waals surface area contributed by atoms with Gasteiger partial charge in [0.25, 0.3) is 0 Å². The summed E-state index contributed by atoms with van der Waals surface area (Å²) in [7, 11) is 1.90. The Balaban J connectivity index is 2.86. The van der Waals surface area contributed by atoms with Gasteiger partial charge in [0.1, 0.15) is 3.70 Å². The molecule has 4 heteroatoms.